The molecule has 0 aromatic heterocycles. The molecule has 14 heteroatoms. The SMILES string of the molecule is COC(=O)CC[C@H](NC(=O)c1ccc(-c2c3cc(F)c(=O)cc-3oc3cc(OC)c(F)cc23)c(C)c1)C(=O)NCCC(=O)NCCCN[C@H]1CC[C@@]2(C)C(=CCC3C4CCC([C@H](C)CCCC(C)C)[C@@]4(C)CCC32)C1. The highest BCUT2D eigenvalue weighted by Crippen LogP contribution is 2.67. The van der Waals surface area contributed by atoms with E-state index < -0.39 is 40.9 Å². The first-order valence-electron chi connectivity index (χ1n) is 27.7. The molecule has 2 aromatic rings. The number of methoxy groups -OCH3 is 2. The first-order valence-corrected chi connectivity index (χ1v) is 27.7. The Morgan fingerprint density at radius 2 is 1.63 bits per heavy atom. The molecule has 3 saturated carbocycles. The van der Waals surface area contributed by atoms with Gasteiger partial charge in [0.1, 0.15) is 17.4 Å². The fourth-order valence-electron chi connectivity index (χ4n) is 14.3. The van der Waals surface area contributed by atoms with Crippen molar-refractivity contribution in [2.75, 3.05) is 33.9 Å². The van der Waals surface area contributed by atoms with Gasteiger partial charge in [-0.2, -0.15) is 0 Å². The lowest BCUT2D eigenvalue weighted by atomic mass is 9.47. The Morgan fingerprint density at radius 1 is 0.827 bits per heavy atom. The second kappa shape index (κ2) is 23.7. The molecule has 406 valence electrons. The van der Waals surface area contributed by atoms with Crippen LogP contribution in [0.25, 0.3) is 33.4 Å². The number of hydrogen-bond donors (Lipinski definition) is 4. The van der Waals surface area contributed by atoms with Gasteiger partial charge in [0, 0.05) is 66.2 Å². The van der Waals surface area contributed by atoms with Gasteiger partial charge >= 0.3 is 5.97 Å². The molecule has 8 rings (SSSR count). The molecule has 6 aliphatic rings. The maximum absolute atomic E-state index is 15.1. The number of hydrogen-bond acceptors (Lipinski definition) is 9. The molecular weight excluding hydrogens is 955 g/mol. The quantitative estimate of drug-likeness (QED) is 0.0275. The molecule has 12 nitrogen and oxygen atoms in total. The number of halogens is 2. The zero-order chi connectivity index (χ0) is 53.8. The van der Waals surface area contributed by atoms with Gasteiger partial charge in [-0.05, 0) is 159 Å². The Morgan fingerprint density at radius 3 is 2.37 bits per heavy atom. The van der Waals surface area contributed by atoms with E-state index in [1.807, 2.05) is 0 Å². The van der Waals surface area contributed by atoms with Gasteiger partial charge in [0.15, 0.2) is 17.4 Å². The molecule has 4 N–H and O–H groups in total. The Labute approximate surface area is 441 Å². The summed E-state index contributed by atoms with van der Waals surface area (Å²) in [5.74, 6) is 1.27. The number of rotatable bonds is 21. The molecule has 1 aliphatic heterocycles. The van der Waals surface area contributed by atoms with Crippen LogP contribution in [0.1, 0.15) is 147 Å². The number of benzene rings is 3. The molecule has 1 heterocycles. The molecular formula is C61H80F2N4O8. The topological polar surface area (TPSA) is 165 Å². The molecule has 2 aromatic carbocycles. The van der Waals surface area contributed by atoms with Crippen molar-refractivity contribution in [3.8, 4) is 28.2 Å². The van der Waals surface area contributed by atoms with Crippen molar-refractivity contribution in [2.45, 2.75) is 150 Å². The standard InChI is InChI=1S/C61H80F2N4O8/c1-35(2)11-9-12-36(3)45-17-18-46-42-16-14-39-30-40(21-24-60(39,5)47(42)22-25-61(45,46)6)64-26-10-27-65-55(69)23-28-66-59(72)50(19-20-56(70)74-8)67-58(71)38-13-15-41(37(4)29-38)57-43-31-48(62)51(68)33-52(43)75-53-34-54(73-7)49(63)32-44(53)57/h13-15,29,31-36,40,42,45-47,50,64H,9-12,16-28,30H2,1-8H3,(H,65,69)(H,66,72)(H,67,71)/t36-,40+,42?,45?,46?,47?,50+,60+,61-/m1/s1. The molecule has 0 radical (unpaired) electrons. The van der Waals surface area contributed by atoms with Crippen LogP contribution in [0, 0.1) is 64.9 Å². The van der Waals surface area contributed by atoms with E-state index in [1.54, 1.807) is 24.6 Å². The van der Waals surface area contributed by atoms with Gasteiger partial charge in [-0.15, -0.1) is 0 Å². The summed E-state index contributed by atoms with van der Waals surface area (Å²) in [5.41, 5.74) is 3.57. The summed E-state index contributed by atoms with van der Waals surface area (Å²) in [4.78, 5) is 64.6. The molecule has 0 saturated heterocycles. The Balaban J connectivity index is 0.801. The number of carbonyl (C=O) groups excluding carboxylic acids is 4. The normalized spacial score (nSPS) is 24.9. The third-order valence-electron chi connectivity index (χ3n) is 18.4. The Bertz CT molecular complexity index is 2810. The van der Waals surface area contributed by atoms with Gasteiger partial charge in [0.05, 0.1) is 14.2 Å². The van der Waals surface area contributed by atoms with Gasteiger partial charge in [-0.25, -0.2) is 8.78 Å². The summed E-state index contributed by atoms with van der Waals surface area (Å²) in [6, 6.07) is 8.60. The largest absolute Gasteiger partial charge is 0.494 e. The number of nitrogens with one attached hydrogen (secondary N) is 4. The van der Waals surface area contributed by atoms with Crippen LogP contribution in [0.3, 0.4) is 0 Å². The lowest BCUT2D eigenvalue weighted by molar-refractivity contribution is -0.141. The first kappa shape index (κ1) is 55.6. The van der Waals surface area contributed by atoms with Gasteiger partial charge in [0.25, 0.3) is 5.91 Å². The molecule has 3 amide bonds. The Hall–Kier alpha value is -5.63. The summed E-state index contributed by atoms with van der Waals surface area (Å²) >= 11 is 0. The van der Waals surface area contributed by atoms with Gasteiger partial charge in [-0.1, -0.05) is 71.6 Å². The van der Waals surface area contributed by atoms with Crippen molar-refractivity contribution >= 4 is 34.7 Å². The number of fused-ring (bicyclic) bond motifs is 7. The van der Waals surface area contributed by atoms with Gasteiger partial charge < -0.3 is 35.2 Å². The number of carbonyl (C=O) groups is 4. The first-order chi connectivity index (χ1) is 35.8. The lowest BCUT2D eigenvalue weighted by Crippen LogP contribution is -2.51. The average Bonchev–Trinajstić information content (AvgIpc) is 3.74. The van der Waals surface area contributed by atoms with Gasteiger partial charge in [0.2, 0.25) is 17.2 Å². The van der Waals surface area contributed by atoms with Crippen molar-refractivity contribution in [1.82, 2.24) is 21.3 Å². The molecule has 0 spiro atoms. The minimum Gasteiger partial charge on any atom is -0.494 e. The second-order valence-corrected chi connectivity index (χ2v) is 23.3. The van der Waals surface area contributed by atoms with Crippen LogP contribution in [-0.4, -0.2) is 69.6 Å². The van der Waals surface area contributed by atoms with E-state index in [2.05, 4.69) is 62.0 Å². The van der Waals surface area contributed by atoms with Crippen LogP contribution in [0.2, 0.25) is 0 Å². The summed E-state index contributed by atoms with van der Waals surface area (Å²) in [6.07, 6.45) is 17.7. The van der Waals surface area contributed by atoms with Crippen LogP contribution in [0.4, 0.5) is 8.78 Å². The molecule has 0 bridgehead atoms. The molecule has 9 atom stereocenters. The van der Waals surface area contributed by atoms with Crippen LogP contribution < -0.4 is 31.4 Å². The van der Waals surface area contributed by atoms with Crippen molar-refractivity contribution < 1.29 is 41.8 Å². The van der Waals surface area contributed by atoms with E-state index in [4.69, 9.17) is 13.9 Å². The van der Waals surface area contributed by atoms with Gasteiger partial charge in [-0.3, -0.25) is 24.0 Å². The summed E-state index contributed by atoms with van der Waals surface area (Å²) in [5, 5.41) is 12.5. The number of esters is 1. The smallest absolute Gasteiger partial charge is 0.305 e. The fourth-order valence-corrected chi connectivity index (χ4v) is 14.3. The lowest BCUT2D eigenvalue weighted by Gasteiger charge is -2.58. The predicted octanol–water partition coefficient (Wildman–Crippen LogP) is 11.2. The molecule has 75 heavy (non-hydrogen) atoms. The molecule has 3 fully saturated rings. The van der Waals surface area contributed by atoms with Crippen molar-refractivity contribution in [3.63, 3.8) is 0 Å². The summed E-state index contributed by atoms with van der Waals surface area (Å²) in [7, 11) is 2.54. The summed E-state index contributed by atoms with van der Waals surface area (Å²) < 4.78 is 45.7. The minimum atomic E-state index is -1.14. The minimum absolute atomic E-state index is 0.0173. The Kier molecular flexibility index (Phi) is 17.6. The zero-order valence-corrected chi connectivity index (χ0v) is 45.5. The average molecular weight is 1040 g/mol. The van der Waals surface area contributed by atoms with Crippen LogP contribution in [0.15, 0.2) is 63.3 Å². The molecule has 5 aliphatic carbocycles. The van der Waals surface area contributed by atoms with Crippen LogP contribution >= 0.6 is 0 Å². The predicted molar refractivity (Wildman–Crippen MR) is 288 cm³/mol. The zero-order valence-electron chi connectivity index (χ0n) is 45.5. The van der Waals surface area contributed by atoms with E-state index in [9.17, 15) is 28.4 Å². The maximum Gasteiger partial charge on any atom is 0.305 e. The number of allylic oxidation sites excluding steroid dienone is 1. The fraction of sp³-hybridized carbons (Fsp3) is 0.590. The van der Waals surface area contributed by atoms with Crippen LogP contribution in [0.5, 0.6) is 5.75 Å². The number of ether oxygens (including phenoxy) is 2. The van der Waals surface area contributed by atoms with E-state index in [1.165, 1.54) is 96.6 Å². The highest BCUT2D eigenvalue weighted by Gasteiger charge is 2.59. The van der Waals surface area contributed by atoms with Crippen molar-refractivity contribution in [3.05, 3.63) is 87.1 Å². The molecule has 4 unspecified atom stereocenters. The third-order valence-corrected chi connectivity index (χ3v) is 18.4. The highest BCUT2D eigenvalue weighted by atomic mass is 19.1. The van der Waals surface area contributed by atoms with Crippen LogP contribution in [-0.2, 0) is 19.1 Å². The van der Waals surface area contributed by atoms with E-state index in [-0.39, 0.29) is 65.3 Å². The highest BCUT2D eigenvalue weighted by molar-refractivity contribution is 6.04. The second-order valence-electron chi connectivity index (χ2n) is 23.3. The third kappa shape index (κ3) is 12.0. The summed E-state index contributed by atoms with van der Waals surface area (Å²) in [6.45, 7) is 15.5. The monoisotopic (exact) mass is 1030 g/mol. The number of aryl methyl sites for hydroxylation is 1. The van der Waals surface area contributed by atoms with E-state index >= 15 is 4.39 Å². The number of amides is 3. The maximum atomic E-state index is 15.1. The van der Waals surface area contributed by atoms with E-state index in [0.717, 1.165) is 67.0 Å². The van der Waals surface area contributed by atoms with Crippen molar-refractivity contribution in [1.29, 1.82) is 0 Å². The van der Waals surface area contributed by atoms with E-state index in [0.29, 0.717) is 40.1 Å². The van der Waals surface area contributed by atoms with Crippen molar-refractivity contribution in [2.24, 2.45) is 46.3 Å².